The first kappa shape index (κ1) is 30.4. The number of carbonyl (C=O) groups excluding carboxylic acids is 3. The maximum absolute atomic E-state index is 13.2. The van der Waals surface area contributed by atoms with Crippen LogP contribution in [0, 0.1) is 0 Å². The molecular formula is C25H24ClF4N5O5S. The fourth-order valence-corrected chi connectivity index (χ4v) is 5.37. The van der Waals surface area contributed by atoms with Crippen molar-refractivity contribution in [3.63, 3.8) is 0 Å². The molecule has 0 atom stereocenters. The second kappa shape index (κ2) is 13.4. The first-order valence-electron chi connectivity index (χ1n) is 12.2. The SMILES string of the molecule is COCC(=O)Oc1c(Cl)cccc1C(=O)Nc1csc(C2CCN(C(=O)Cn3nc(C(F)F)cc3C(F)F)CC2)n1. The van der Waals surface area contributed by atoms with Crippen molar-refractivity contribution in [1.82, 2.24) is 19.7 Å². The van der Waals surface area contributed by atoms with Crippen molar-refractivity contribution in [3.8, 4) is 5.75 Å². The Morgan fingerprint density at radius 2 is 1.90 bits per heavy atom. The van der Waals surface area contributed by atoms with E-state index in [1.165, 1.54) is 41.5 Å². The molecule has 4 rings (SSSR count). The Kier molecular flexibility index (Phi) is 9.94. The number of amides is 2. The number of para-hydroxylation sites is 1. The number of alkyl halides is 4. The fourth-order valence-electron chi connectivity index (χ4n) is 4.23. The molecule has 0 saturated carbocycles. The van der Waals surface area contributed by atoms with Crippen LogP contribution in [0.3, 0.4) is 0 Å². The molecule has 2 aromatic heterocycles. The van der Waals surface area contributed by atoms with Gasteiger partial charge in [0.2, 0.25) is 5.91 Å². The van der Waals surface area contributed by atoms with Crippen LogP contribution < -0.4 is 10.1 Å². The van der Waals surface area contributed by atoms with Gasteiger partial charge in [-0.3, -0.25) is 14.3 Å². The van der Waals surface area contributed by atoms with E-state index in [2.05, 4.69) is 15.4 Å². The molecule has 3 aromatic rings. The number of hydrogen-bond acceptors (Lipinski definition) is 8. The summed E-state index contributed by atoms with van der Waals surface area (Å²) in [6, 6.07) is 5.05. The second-order valence-corrected chi connectivity index (χ2v) is 10.3. The van der Waals surface area contributed by atoms with E-state index in [-0.39, 0.29) is 34.7 Å². The van der Waals surface area contributed by atoms with Gasteiger partial charge in [-0.1, -0.05) is 17.7 Å². The average Bonchev–Trinajstić information content (AvgIpc) is 3.57. The maximum Gasteiger partial charge on any atom is 0.337 e. The van der Waals surface area contributed by atoms with Crippen molar-refractivity contribution in [2.75, 3.05) is 32.1 Å². The number of carbonyl (C=O) groups is 3. The molecule has 1 aromatic carbocycles. The van der Waals surface area contributed by atoms with Crippen LogP contribution in [0.2, 0.25) is 5.02 Å². The lowest BCUT2D eigenvalue weighted by atomic mass is 9.97. The lowest BCUT2D eigenvalue weighted by molar-refractivity contribution is -0.138. The third-order valence-corrected chi connectivity index (χ3v) is 7.52. The quantitative estimate of drug-likeness (QED) is 0.192. The highest BCUT2D eigenvalue weighted by Crippen LogP contribution is 2.33. The molecule has 1 saturated heterocycles. The predicted molar refractivity (Wildman–Crippen MR) is 140 cm³/mol. The Morgan fingerprint density at radius 1 is 1.17 bits per heavy atom. The van der Waals surface area contributed by atoms with E-state index in [9.17, 15) is 31.9 Å². The summed E-state index contributed by atoms with van der Waals surface area (Å²) in [4.78, 5) is 43.4. The van der Waals surface area contributed by atoms with Crippen LogP contribution in [-0.4, -0.2) is 64.3 Å². The fraction of sp³-hybridized carbons (Fsp3) is 0.400. The van der Waals surface area contributed by atoms with Gasteiger partial charge < -0.3 is 19.7 Å². The van der Waals surface area contributed by atoms with Crippen molar-refractivity contribution in [2.24, 2.45) is 0 Å². The number of ether oxygens (including phenoxy) is 2. The molecular weight excluding hydrogens is 594 g/mol. The normalized spacial score (nSPS) is 14.1. The molecule has 3 heterocycles. The Labute approximate surface area is 240 Å². The molecule has 41 heavy (non-hydrogen) atoms. The van der Waals surface area contributed by atoms with E-state index in [4.69, 9.17) is 21.1 Å². The van der Waals surface area contributed by atoms with Gasteiger partial charge in [-0.2, -0.15) is 5.10 Å². The van der Waals surface area contributed by atoms with Gasteiger partial charge in [0, 0.05) is 31.5 Å². The lowest BCUT2D eigenvalue weighted by Crippen LogP contribution is -2.40. The molecule has 0 spiro atoms. The Bertz CT molecular complexity index is 1410. The number of anilines is 1. The molecule has 0 bridgehead atoms. The topological polar surface area (TPSA) is 116 Å². The summed E-state index contributed by atoms with van der Waals surface area (Å²) in [6.07, 6.45) is -5.05. The number of hydrogen-bond donors (Lipinski definition) is 1. The van der Waals surface area contributed by atoms with E-state index in [1.54, 1.807) is 5.38 Å². The third kappa shape index (κ3) is 7.40. The summed E-state index contributed by atoms with van der Waals surface area (Å²) < 4.78 is 62.8. The molecule has 220 valence electrons. The summed E-state index contributed by atoms with van der Waals surface area (Å²) in [6.45, 7) is -0.296. The number of methoxy groups -OCH3 is 1. The molecule has 0 unspecified atom stereocenters. The van der Waals surface area contributed by atoms with Crippen molar-refractivity contribution in [3.05, 3.63) is 56.6 Å². The van der Waals surface area contributed by atoms with Gasteiger partial charge in [-0.25, -0.2) is 27.3 Å². The zero-order valence-electron chi connectivity index (χ0n) is 21.5. The number of rotatable bonds is 10. The van der Waals surface area contributed by atoms with Crippen LogP contribution >= 0.6 is 22.9 Å². The lowest BCUT2D eigenvalue weighted by Gasteiger charge is -2.31. The summed E-state index contributed by atoms with van der Waals surface area (Å²) in [5.74, 6) is -1.70. The highest BCUT2D eigenvalue weighted by atomic mass is 35.5. The number of benzene rings is 1. The van der Waals surface area contributed by atoms with E-state index in [0.717, 1.165) is 5.01 Å². The largest absolute Gasteiger partial charge is 0.422 e. The van der Waals surface area contributed by atoms with Gasteiger partial charge in [0.05, 0.1) is 15.6 Å². The first-order chi connectivity index (χ1) is 19.6. The minimum absolute atomic E-state index is 0.0242. The Balaban J connectivity index is 1.35. The van der Waals surface area contributed by atoms with Crippen LogP contribution in [0.1, 0.15) is 58.4 Å². The highest BCUT2D eigenvalue weighted by molar-refractivity contribution is 7.10. The number of thiazole rings is 1. The highest BCUT2D eigenvalue weighted by Gasteiger charge is 2.28. The summed E-state index contributed by atoms with van der Waals surface area (Å²) >= 11 is 7.45. The summed E-state index contributed by atoms with van der Waals surface area (Å²) in [5.41, 5.74) is -1.52. The summed E-state index contributed by atoms with van der Waals surface area (Å²) in [7, 11) is 1.32. The zero-order chi connectivity index (χ0) is 29.7. The number of aromatic nitrogens is 3. The van der Waals surface area contributed by atoms with Crippen LogP contribution in [0.4, 0.5) is 23.4 Å². The minimum atomic E-state index is -3.05. The monoisotopic (exact) mass is 617 g/mol. The smallest absolute Gasteiger partial charge is 0.337 e. The van der Waals surface area contributed by atoms with Gasteiger partial charge in [0.15, 0.2) is 5.75 Å². The average molecular weight is 618 g/mol. The number of esters is 1. The molecule has 1 N–H and O–H groups in total. The zero-order valence-corrected chi connectivity index (χ0v) is 23.1. The first-order valence-corrected chi connectivity index (χ1v) is 13.5. The van der Waals surface area contributed by atoms with Gasteiger partial charge in [0.25, 0.3) is 18.8 Å². The summed E-state index contributed by atoms with van der Waals surface area (Å²) in [5, 5.41) is 8.56. The number of likely N-dealkylation sites (tertiary alicyclic amines) is 1. The van der Waals surface area contributed by atoms with Crippen LogP contribution in [-0.2, 0) is 20.9 Å². The maximum atomic E-state index is 13.2. The molecule has 16 heteroatoms. The molecule has 1 aliphatic heterocycles. The second-order valence-electron chi connectivity index (χ2n) is 8.96. The third-order valence-electron chi connectivity index (χ3n) is 6.21. The van der Waals surface area contributed by atoms with Crippen LogP contribution in [0.15, 0.2) is 29.6 Å². The number of nitrogens with one attached hydrogen (secondary N) is 1. The van der Waals surface area contributed by atoms with Crippen molar-refractivity contribution >= 4 is 46.5 Å². The van der Waals surface area contributed by atoms with Gasteiger partial charge >= 0.3 is 5.97 Å². The standard InChI is InChI=1S/C25H24ClF4N5O5S/c1-39-11-20(37)40-21-14(3-2-4-15(21)26)24(38)31-18-12-41-25(32-18)13-5-7-34(8-6-13)19(36)10-35-17(23(29)30)9-16(33-35)22(27)28/h2-4,9,12-13,22-23H,5-8,10-11H2,1H3,(H,31,38). The molecule has 2 amide bonds. The van der Waals surface area contributed by atoms with Gasteiger partial charge in [-0.05, 0) is 31.0 Å². The molecule has 0 aliphatic carbocycles. The van der Waals surface area contributed by atoms with E-state index in [0.29, 0.717) is 36.7 Å². The molecule has 1 aliphatic rings. The van der Waals surface area contributed by atoms with Crippen LogP contribution in [0.25, 0.3) is 0 Å². The molecule has 10 nitrogen and oxygen atoms in total. The molecule has 0 radical (unpaired) electrons. The molecule has 1 fully saturated rings. The minimum Gasteiger partial charge on any atom is -0.422 e. The number of piperidine rings is 1. The Morgan fingerprint density at radius 3 is 2.56 bits per heavy atom. The Hall–Kier alpha value is -3.56. The van der Waals surface area contributed by atoms with Crippen molar-refractivity contribution in [1.29, 1.82) is 0 Å². The predicted octanol–water partition coefficient (Wildman–Crippen LogP) is 5.08. The van der Waals surface area contributed by atoms with Crippen molar-refractivity contribution < 1.29 is 41.4 Å². The van der Waals surface area contributed by atoms with E-state index < -0.39 is 48.6 Å². The van der Waals surface area contributed by atoms with Crippen molar-refractivity contribution in [2.45, 2.75) is 38.2 Å². The number of halogens is 5. The van der Waals surface area contributed by atoms with E-state index in [1.807, 2.05) is 0 Å². The van der Waals surface area contributed by atoms with Gasteiger partial charge in [-0.15, -0.1) is 11.3 Å². The van der Waals surface area contributed by atoms with E-state index >= 15 is 0 Å². The number of nitrogens with zero attached hydrogens (tertiary/aromatic N) is 4. The van der Waals surface area contributed by atoms with Gasteiger partial charge in [0.1, 0.15) is 30.4 Å². The van der Waals surface area contributed by atoms with Crippen LogP contribution in [0.5, 0.6) is 5.75 Å².